The molecular weight excluding hydrogens is 602 g/mol. The lowest BCUT2D eigenvalue weighted by Gasteiger charge is -2.39. The molecule has 4 atom stereocenters. The Morgan fingerprint density at radius 2 is 2.06 bits per heavy atom. The molecule has 0 amide bonds. The number of halogens is 2. The summed E-state index contributed by atoms with van der Waals surface area (Å²) in [4.78, 5) is 18.7. The Labute approximate surface area is 272 Å². The molecule has 11 heteroatoms. The van der Waals surface area contributed by atoms with Crippen molar-refractivity contribution in [2.75, 3.05) is 44.3 Å². The molecule has 9 nitrogen and oxygen atoms in total. The van der Waals surface area contributed by atoms with Crippen LogP contribution in [0.4, 0.5) is 14.6 Å². The van der Waals surface area contributed by atoms with Gasteiger partial charge in [0.2, 0.25) is 5.88 Å². The molecule has 0 spiro atoms. The average Bonchev–Trinajstić information content (AvgIpc) is 3.56. The molecule has 3 fully saturated rings. The number of alkyl halides is 1. The highest BCUT2D eigenvalue weighted by atomic mass is 19.1. The number of ether oxygens (including phenoxy) is 2. The van der Waals surface area contributed by atoms with Crippen molar-refractivity contribution in [2.24, 2.45) is 0 Å². The molecule has 4 aliphatic heterocycles. The lowest BCUT2D eigenvalue weighted by Crippen LogP contribution is -2.58. The van der Waals surface area contributed by atoms with Crippen molar-refractivity contribution < 1.29 is 23.4 Å². The zero-order valence-electron chi connectivity index (χ0n) is 26.9. The van der Waals surface area contributed by atoms with Crippen LogP contribution in [-0.4, -0.2) is 88.1 Å². The second kappa shape index (κ2) is 11.6. The zero-order chi connectivity index (χ0) is 32.4. The van der Waals surface area contributed by atoms with Gasteiger partial charge in [0.25, 0.3) is 0 Å². The van der Waals surface area contributed by atoms with Crippen molar-refractivity contribution in [1.29, 1.82) is 0 Å². The van der Waals surface area contributed by atoms with Gasteiger partial charge in [0.15, 0.2) is 5.82 Å². The van der Waals surface area contributed by atoms with Crippen molar-refractivity contribution in [2.45, 2.75) is 69.7 Å². The van der Waals surface area contributed by atoms with Gasteiger partial charge in [0, 0.05) is 37.7 Å². The van der Waals surface area contributed by atoms with Gasteiger partial charge < -0.3 is 24.8 Å². The van der Waals surface area contributed by atoms with Gasteiger partial charge in [0.1, 0.15) is 47.5 Å². The first-order valence-corrected chi connectivity index (χ1v) is 16.8. The number of piperazine rings is 1. The number of aromatic hydroxyl groups is 1. The molecule has 0 aliphatic carbocycles. The number of hydrogen-bond acceptors (Lipinski definition) is 9. The van der Waals surface area contributed by atoms with Crippen molar-refractivity contribution in [3.05, 3.63) is 48.3 Å². The van der Waals surface area contributed by atoms with Gasteiger partial charge in [-0.1, -0.05) is 38.6 Å². The van der Waals surface area contributed by atoms with E-state index < -0.39 is 17.5 Å². The fourth-order valence-corrected chi connectivity index (χ4v) is 8.11. The number of anilines is 1. The summed E-state index contributed by atoms with van der Waals surface area (Å²) in [6, 6.07) is 9.13. The Morgan fingerprint density at radius 1 is 1.19 bits per heavy atom. The molecule has 0 saturated carbocycles. The summed E-state index contributed by atoms with van der Waals surface area (Å²) in [7, 11) is 0. The highest BCUT2D eigenvalue weighted by Gasteiger charge is 2.49. The van der Waals surface area contributed by atoms with Gasteiger partial charge in [-0.2, -0.15) is 9.97 Å². The van der Waals surface area contributed by atoms with E-state index >= 15 is 4.39 Å². The second-order valence-corrected chi connectivity index (χ2v) is 13.5. The number of phenolic OH excluding ortho intramolecular Hbond substituents is 1. The zero-order valence-corrected chi connectivity index (χ0v) is 26.9. The first kappa shape index (κ1) is 30.3. The van der Waals surface area contributed by atoms with Crippen LogP contribution in [0, 0.1) is 5.82 Å². The molecule has 2 N–H and O–H groups in total. The molecule has 0 bridgehead atoms. The van der Waals surface area contributed by atoms with Crippen LogP contribution in [0.5, 0.6) is 17.6 Å². The third-order valence-corrected chi connectivity index (χ3v) is 10.6. The summed E-state index contributed by atoms with van der Waals surface area (Å²) in [5, 5.41) is 16.3. The van der Waals surface area contributed by atoms with Crippen molar-refractivity contribution >= 4 is 33.1 Å². The standard InChI is InChI=1S/C36H40F2N6O3/c1-4-20(3)26-9-6-8-21-12-25(45)13-27(28(21)26)31-30(38)32-29-33(44-17-23(5-2)39-15-24(44)18-46-34(29)40-31)42-35(41-32)47-19-36-10-7-11-43(36)16-22(37)14-36/h6,8-9,12-13,22-24,39,45H,3-5,7,10-11,14-19H2,1-2H3/t22-,23?,24+,36-/m1/s1. The summed E-state index contributed by atoms with van der Waals surface area (Å²) in [5.41, 5.74) is 1.80. The largest absolute Gasteiger partial charge is 0.508 e. The van der Waals surface area contributed by atoms with Crippen molar-refractivity contribution in [3.8, 4) is 28.9 Å². The van der Waals surface area contributed by atoms with E-state index in [1.165, 1.54) is 6.07 Å². The van der Waals surface area contributed by atoms with Crippen LogP contribution >= 0.6 is 0 Å². The van der Waals surface area contributed by atoms with Crippen LogP contribution in [-0.2, 0) is 0 Å². The second-order valence-electron chi connectivity index (χ2n) is 13.5. The number of rotatable bonds is 7. The molecule has 2 aromatic carbocycles. The van der Waals surface area contributed by atoms with Gasteiger partial charge in [-0.25, -0.2) is 13.8 Å². The molecule has 6 heterocycles. The van der Waals surface area contributed by atoms with Crippen LogP contribution < -0.4 is 19.7 Å². The van der Waals surface area contributed by atoms with Gasteiger partial charge in [-0.3, -0.25) is 4.90 Å². The SMILES string of the molecule is C=C(CC)c1cccc2cc(O)cc(-c3nc4c5c(nc(OC[C@]67CCCN6C[C@H](F)C7)nc5c3F)N3CC(CC)NC[C@H]3CO4)c12. The fraction of sp³-hybridized carbons (Fsp3) is 0.472. The molecular formula is C36H40F2N6O3. The Hall–Kier alpha value is -4.09. The lowest BCUT2D eigenvalue weighted by atomic mass is 9.92. The smallest absolute Gasteiger partial charge is 0.319 e. The number of nitrogens with one attached hydrogen (secondary N) is 1. The van der Waals surface area contributed by atoms with Crippen LogP contribution in [0.3, 0.4) is 0 Å². The molecule has 3 saturated heterocycles. The van der Waals surface area contributed by atoms with E-state index in [0.717, 1.165) is 47.7 Å². The Kier molecular flexibility index (Phi) is 7.44. The summed E-state index contributed by atoms with van der Waals surface area (Å²) in [6.07, 6.45) is 2.94. The number of pyridine rings is 1. The minimum absolute atomic E-state index is 0.0100. The third-order valence-electron chi connectivity index (χ3n) is 10.6. The molecule has 246 valence electrons. The maximum absolute atomic E-state index is 17.2. The number of nitrogens with zero attached hydrogens (tertiary/aromatic N) is 5. The molecule has 2 aromatic heterocycles. The molecule has 4 aromatic rings. The van der Waals surface area contributed by atoms with Crippen LogP contribution in [0.2, 0.25) is 0 Å². The number of fused-ring (bicyclic) bond motifs is 4. The first-order chi connectivity index (χ1) is 22.8. The fourth-order valence-electron chi connectivity index (χ4n) is 8.11. The average molecular weight is 643 g/mol. The highest BCUT2D eigenvalue weighted by Crippen LogP contribution is 2.45. The van der Waals surface area contributed by atoms with E-state index in [0.29, 0.717) is 55.9 Å². The monoisotopic (exact) mass is 642 g/mol. The predicted molar refractivity (Wildman–Crippen MR) is 178 cm³/mol. The maximum Gasteiger partial charge on any atom is 0.319 e. The summed E-state index contributed by atoms with van der Waals surface area (Å²) >= 11 is 0. The van der Waals surface area contributed by atoms with E-state index in [1.54, 1.807) is 6.07 Å². The Bertz CT molecular complexity index is 1900. The first-order valence-electron chi connectivity index (χ1n) is 16.8. The number of benzene rings is 2. The van der Waals surface area contributed by atoms with Crippen LogP contribution in [0.15, 0.2) is 36.9 Å². The van der Waals surface area contributed by atoms with E-state index in [2.05, 4.69) is 33.6 Å². The predicted octanol–water partition coefficient (Wildman–Crippen LogP) is 6.02. The topological polar surface area (TPSA) is 95.9 Å². The van der Waals surface area contributed by atoms with Crippen molar-refractivity contribution in [1.82, 2.24) is 25.2 Å². The number of aromatic nitrogens is 3. The van der Waals surface area contributed by atoms with Gasteiger partial charge >= 0.3 is 6.01 Å². The van der Waals surface area contributed by atoms with Crippen molar-refractivity contribution in [3.63, 3.8) is 0 Å². The van der Waals surface area contributed by atoms with Crippen LogP contribution in [0.25, 0.3) is 38.5 Å². The summed E-state index contributed by atoms with van der Waals surface area (Å²) < 4.78 is 44.4. The third kappa shape index (κ3) is 4.97. The van der Waals surface area contributed by atoms with Gasteiger partial charge in [0.05, 0.1) is 11.6 Å². The van der Waals surface area contributed by atoms with Crippen LogP contribution in [0.1, 0.15) is 51.5 Å². The molecule has 1 unspecified atom stereocenters. The Balaban J connectivity index is 1.33. The van der Waals surface area contributed by atoms with E-state index in [4.69, 9.17) is 19.4 Å². The van der Waals surface area contributed by atoms with E-state index in [-0.39, 0.29) is 47.5 Å². The van der Waals surface area contributed by atoms with E-state index in [1.807, 2.05) is 25.1 Å². The molecule has 8 rings (SSSR count). The normalized spacial score (nSPS) is 25.4. The minimum atomic E-state index is -0.898. The minimum Gasteiger partial charge on any atom is -0.508 e. The number of hydrogen-bond donors (Lipinski definition) is 2. The summed E-state index contributed by atoms with van der Waals surface area (Å²) in [5.74, 6) is 0.0943. The number of allylic oxidation sites excluding steroid dienone is 1. The highest BCUT2D eigenvalue weighted by molar-refractivity contribution is 6.06. The molecule has 47 heavy (non-hydrogen) atoms. The molecule has 0 radical (unpaired) electrons. The summed E-state index contributed by atoms with van der Waals surface area (Å²) in [6.45, 7) is 11.5. The maximum atomic E-state index is 17.2. The van der Waals surface area contributed by atoms with E-state index in [9.17, 15) is 9.50 Å². The lowest BCUT2D eigenvalue weighted by molar-refractivity contribution is 0.107. The quantitative estimate of drug-likeness (QED) is 0.251. The number of phenols is 1. The van der Waals surface area contributed by atoms with Gasteiger partial charge in [-0.05, 0) is 66.3 Å². The van der Waals surface area contributed by atoms with Gasteiger partial charge in [-0.15, -0.1) is 0 Å². The Morgan fingerprint density at radius 3 is 2.89 bits per heavy atom. The molecule has 4 aliphatic rings.